The zero-order chi connectivity index (χ0) is 15.4. The van der Waals surface area contributed by atoms with Crippen LogP contribution in [0.15, 0.2) is 53.0 Å². The van der Waals surface area contributed by atoms with Gasteiger partial charge < -0.3 is 10.4 Å². The van der Waals surface area contributed by atoms with Gasteiger partial charge in [-0.05, 0) is 43.3 Å². The first-order valence-electron chi connectivity index (χ1n) is 6.37. The van der Waals surface area contributed by atoms with E-state index in [4.69, 9.17) is 5.11 Å². The Labute approximate surface area is 130 Å². The molecule has 4 nitrogen and oxygen atoms in total. The van der Waals surface area contributed by atoms with Crippen molar-refractivity contribution >= 4 is 33.4 Å². The molecular weight excluding hydrogens is 334 g/mol. The molecule has 0 radical (unpaired) electrons. The summed E-state index contributed by atoms with van der Waals surface area (Å²) in [5.41, 5.74) is 1.52. The molecular formula is C16H14BrNO3. The minimum atomic E-state index is -0.971. The van der Waals surface area contributed by atoms with Crippen molar-refractivity contribution in [2.75, 3.05) is 5.32 Å². The maximum absolute atomic E-state index is 12.5. The summed E-state index contributed by atoms with van der Waals surface area (Å²) in [4.78, 5) is 23.5. The standard InChI is InChI=1S/C16H14BrNO3/c1-10(16(20)21)18-14-5-3-2-4-13(14)15(19)11-6-8-12(17)9-7-11/h2-10,18H,1H3,(H,20,21). The van der Waals surface area contributed by atoms with Gasteiger partial charge in [-0.2, -0.15) is 0 Å². The Morgan fingerprint density at radius 2 is 1.71 bits per heavy atom. The van der Waals surface area contributed by atoms with Crippen molar-refractivity contribution in [2.24, 2.45) is 0 Å². The molecule has 2 N–H and O–H groups in total. The minimum absolute atomic E-state index is 0.150. The first-order valence-corrected chi connectivity index (χ1v) is 7.17. The number of halogens is 1. The van der Waals surface area contributed by atoms with Crippen molar-refractivity contribution in [2.45, 2.75) is 13.0 Å². The number of rotatable bonds is 5. The highest BCUT2D eigenvalue weighted by molar-refractivity contribution is 9.10. The molecule has 0 aliphatic rings. The van der Waals surface area contributed by atoms with Gasteiger partial charge in [0.15, 0.2) is 5.78 Å². The molecule has 108 valence electrons. The molecule has 2 rings (SSSR count). The molecule has 1 atom stereocenters. The number of carboxylic acid groups (broad SMARTS) is 1. The number of carbonyl (C=O) groups excluding carboxylic acids is 1. The van der Waals surface area contributed by atoms with Crippen LogP contribution in [0.5, 0.6) is 0 Å². The Balaban J connectivity index is 2.33. The maximum atomic E-state index is 12.5. The zero-order valence-electron chi connectivity index (χ0n) is 11.3. The molecule has 0 spiro atoms. The fourth-order valence-corrected chi connectivity index (χ4v) is 2.12. The summed E-state index contributed by atoms with van der Waals surface area (Å²) >= 11 is 3.33. The molecule has 0 aliphatic heterocycles. The van der Waals surface area contributed by atoms with Crippen molar-refractivity contribution in [3.8, 4) is 0 Å². The number of anilines is 1. The van der Waals surface area contributed by atoms with Crippen LogP contribution in [0.4, 0.5) is 5.69 Å². The first kappa shape index (κ1) is 15.3. The number of para-hydroxylation sites is 1. The van der Waals surface area contributed by atoms with Crippen molar-refractivity contribution in [1.29, 1.82) is 0 Å². The fraction of sp³-hybridized carbons (Fsp3) is 0.125. The number of hydrogen-bond donors (Lipinski definition) is 2. The van der Waals surface area contributed by atoms with Gasteiger partial charge >= 0.3 is 5.97 Å². The molecule has 0 fully saturated rings. The molecule has 0 saturated carbocycles. The second-order valence-corrected chi connectivity index (χ2v) is 5.50. The zero-order valence-corrected chi connectivity index (χ0v) is 12.9. The van der Waals surface area contributed by atoms with Crippen LogP contribution in [-0.2, 0) is 4.79 Å². The summed E-state index contributed by atoms with van der Waals surface area (Å²) in [5, 5.41) is 11.8. The van der Waals surface area contributed by atoms with Crippen LogP contribution in [0.1, 0.15) is 22.8 Å². The summed E-state index contributed by atoms with van der Waals surface area (Å²) in [6.07, 6.45) is 0. The highest BCUT2D eigenvalue weighted by Crippen LogP contribution is 2.21. The normalized spacial score (nSPS) is 11.7. The average molecular weight is 348 g/mol. The van der Waals surface area contributed by atoms with Gasteiger partial charge in [0.1, 0.15) is 6.04 Å². The lowest BCUT2D eigenvalue weighted by Gasteiger charge is -2.14. The largest absolute Gasteiger partial charge is 0.480 e. The van der Waals surface area contributed by atoms with Crippen LogP contribution in [0, 0.1) is 0 Å². The molecule has 1 unspecified atom stereocenters. The summed E-state index contributed by atoms with van der Waals surface area (Å²) in [6, 6.07) is 13.2. The molecule has 2 aromatic rings. The Kier molecular flexibility index (Phi) is 4.75. The van der Waals surface area contributed by atoms with E-state index in [9.17, 15) is 9.59 Å². The smallest absolute Gasteiger partial charge is 0.325 e. The molecule has 2 aromatic carbocycles. The van der Waals surface area contributed by atoms with Crippen LogP contribution in [-0.4, -0.2) is 22.9 Å². The van der Waals surface area contributed by atoms with Gasteiger partial charge in [0.25, 0.3) is 0 Å². The summed E-state index contributed by atoms with van der Waals surface area (Å²) < 4.78 is 0.893. The van der Waals surface area contributed by atoms with Crippen molar-refractivity contribution in [3.63, 3.8) is 0 Å². The van der Waals surface area contributed by atoms with Crippen LogP contribution < -0.4 is 5.32 Å². The molecule has 5 heteroatoms. The second kappa shape index (κ2) is 6.54. The molecule has 0 aromatic heterocycles. The molecule has 0 bridgehead atoms. The van der Waals surface area contributed by atoms with Gasteiger partial charge in [-0.1, -0.05) is 28.1 Å². The number of benzene rings is 2. The lowest BCUT2D eigenvalue weighted by Crippen LogP contribution is -2.26. The minimum Gasteiger partial charge on any atom is -0.480 e. The van der Waals surface area contributed by atoms with Crippen molar-refractivity contribution in [3.05, 3.63) is 64.1 Å². The third kappa shape index (κ3) is 3.70. The highest BCUT2D eigenvalue weighted by atomic mass is 79.9. The Morgan fingerprint density at radius 1 is 1.10 bits per heavy atom. The highest BCUT2D eigenvalue weighted by Gasteiger charge is 2.17. The second-order valence-electron chi connectivity index (χ2n) is 4.59. The van der Waals surface area contributed by atoms with Gasteiger partial charge in [-0.25, -0.2) is 0 Å². The first-order chi connectivity index (χ1) is 9.99. The van der Waals surface area contributed by atoms with E-state index in [2.05, 4.69) is 21.2 Å². The summed E-state index contributed by atoms with van der Waals surface area (Å²) in [6.45, 7) is 1.53. The maximum Gasteiger partial charge on any atom is 0.325 e. The quantitative estimate of drug-likeness (QED) is 0.811. The van der Waals surface area contributed by atoms with Gasteiger partial charge in [0, 0.05) is 21.3 Å². The van der Waals surface area contributed by atoms with Crippen LogP contribution in [0.3, 0.4) is 0 Å². The molecule has 0 aliphatic carbocycles. The van der Waals surface area contributed by atoms with E-state index in [1.165, 1.54) is 6.92 Å². The fourth-order valence-electron chi connectivity index (χ4n) is 1.86. The summed E-state index contributed by atoms with van der Waals surface area (Å²) in [5.74, 6) is -1.12. The number of aliphatic carboxylic acids is 1. The lowest BCUT2D eigenvalue weighted by atomic mass is 10.0. The number of carbonyl (C=O) groups is 2. The number of nitrogens with one attached hydrogen (secondary N) is 1. The predicted octanol–water partition coefficient (Wildman–Crippen LogP) is 3.57. The van der Waals surface area contributed by atoms with Crippen LogP contribution in [0.25, 0.3) is 0 Å². The number of hydrogen-bond acceptors (Lipinski definition) is 3. The Hall–Kier alpha value is -2.14. The third-order valence-electron chi connectivity index (χ3n) is 3.02. The van der Waals surface area contributed by atoms with E-state index in [1.807, 2.05) is 0 Å². The third-order valence-corrected chi connectivity index (χ3v) is 3.55. The predicted molar refractivity (Wildman–Crippen MR) is 84.7 cm³/mol. The van der Waals surface area contributed by atoms with E-state index in [1.54, 1.807) is 48.5 Å². The van der Waals surface area contributed by atoms with Gasteiger partial charge in [0.05, 0.1) is 0 Å². The lowest BCUT2D eigenvalue weighted by molar-refractivity contribution is -0.137. The van der Waals surface area contributed by atoms with E-state index < -0.39 is 12.0 Å². The van der Waals surface area contributed by atoms with Gasteiger partial charge in [-0.3, -0.25) is 9.59 Å². The van der Waals surface area contributed by atoms with E-state index >= 15 is 0 Å². The topological polar surface area (TPSA) is 66.4 Å². The van der Waals surface area contributed by atoms with Crippen molar-refractivity contribution in [1.82, 2.24) is 0 Å². The van der Waals surface area contributed by atoms with E-state index in [0.717, 1.165) is 4.47 Å². The van der Waals surface area contributed by atoms with Crippen molar-refractivity contribution < 1.29 is 14.7 Å². The van der Waals surface area contributed by atoms with E-state index in [-0.39, 0.29) is 5.78 Å². The van der Waals surface area contributed by atoms with Gasteiger partial charge in [-0.15, -0.1) is 0 Å². The van der Waals surface area contributed by atoms with Crippen LogP contribution >= 0.6 is 15.9 Å². The average Bonchev–Trinajstić information content (AvgIpc) is 2.47. The molecule has 0 amide bonds. The molecule has 0 heterocycles. The van der Waals surface area contributed by atoms with E-state index in [0.29, 0.717) is 16.8 Å². The SMILES string of the molecule is CC(Nc1ccccc1C(=O)c1ccc(Br)cc1)C(=O)O. The molecule has 0 saturated heterocycles. The Bertz CT molecular complexity index is 667. The molecule has 21 heavy (non-hydrogen) atoms. The van der Waals surface area contributed by atoms with Gasteiger partial charge in [0.2, 0.25) is 0 Å². The summed E-state index contributed by atoms with van der Waals surface area (Å²) in [7, 11) is 0. The number of ketones is 1. The Morgan fingerprint density at radius 3 is 2.33 bits per heavy atom. The van der Waals surface area contributed by atoms with Crippen LogP contribution in [0.2, 0.25) is 0 Å². The monoisotopic (exact) mass is 347 g/mol. The number of carboxylic acids is 1.